The lowest BCUT2D eigenvalue weighted by molar-refractivity contribution is -0.384. The van der Waals surface area contributed by atoms with Crippen LogP contribution in [0.15, 0.2) is 29.8 Å². The molecule has 4 heteroatoms. The molecule has 1 aromatic carbocycles. The lowest BCUT2D eigenvalue weighted by atomic mass is 10.1. The largest absolute Gasteiger partial charge is 0.508 e. The molecule has 0 saturated carbocycles. The fourth-order valence-corrected chi connectivity index (χ4v) is 1.16. The van der Waals surface area contributed by atoms with Gasteiger partial charge in [-0.15, -0.1) is 0 Å². The molecule has 0 amide bonds. The van der Waals surface area contributed by atoms with Crippen molar-refractivity contribution in [2.75, 3.05) is 0 Å². The van der Waals surface area contributed by atoms with Crippen LogP contribution < -0.4 is 0 Å². The van der Waals surface area contributed by atoms with Gasteiger partial charge in [-0.2, -0.15) is 0 Å². The molecule has 0 aromatic heterocycles. The molecule has 0 saturated heterocycles. The molecule has 1 rings (SSSR count). The summed E-state index contributed by atoms with van der Waals surface area (Å²) >= 11 is 0. The molecule has 1 aromatic rings. The van der Waals surface area contributed by atoms with Crippen LogP contribution in [-0.4, -0.2) is 10.0 Å². The van der Waals surface area contributed by atoms with Crippen LogP contribution in [0.25, 0.3) is 0 Å². The predicted octanol–water partition coefficient (Wildman–Crippen LogP) is 2.81. The van der Waals surface area contributed by atoms with Crippen molar-refractivity contribution < 1.29 is 10.0 Å². The molecular weight excluding hydrogens is 194 g/mol. The van der Waals surface area contributed by atoms with Gasteiger partial charge in [-0.1, -0.05) is 11.6 Å². The van der Waals surface area contributed by atoms with Crippen molar-refractivity contribution >= 4 is 5.69 Å². The second-order valence-corrected chi connectivity index (χ2v) is 3.56. The summed E-state index contributed by atoms with van der Waals surface area (Å²) in [6, 6.07) is 4.04. The second kappa shape index (κ2) is 4.59. The van der Waals surface area contributed by atoms with Gasteiger partial charge < -0.3 is 5.11 Å². The molecule has 0 fully saturated rings. The number of non-ortho nitro benzene ring substituents is 1. The highest BCUT2D eigenvalue weighted by atomic mass is 16.6. The van der Waals surface area contributed by atoms with Crippen LogP contribution in [0.5, 0.6) is 5.75 Å². The lowest BCUT2D eigenvalue weighted by Crippen LogP contribution is -1.90. The average molecular weight is 207 g/mol. The van der Waals surface area contributed by atoms with Gasteiger partial charge in [-0.3, -0.25) is 10.1 Å². The SMILES string of the molecule is CC(C)=CCc1cc([N+](=O)[O-])ccc1O. The van der Waals surface area contributed by atoms with Gasteiger partial charge >= 0.3 is 0 Å². The number of hydrogen-bond donors (Lipinski definition) is 1. The van der Waals surface area contributed by atoms with E-state index in [-0.39, 0.29) is 11.4 Å². The number of hydrogen-bond acceptors (Lipinski definition) is 3. The molecule has 1 N–H and O–H groups in total. The van der Waals surface area contributed by atoms with Crippen molar-refractivity contribution in [2.24, 2.45) is 0 Å². The van der Waals surface area contributed by atoms with Crippen LogP contribution in [-0.2, 0) is 6.42 Å². The number of nitrogens with zero attached hydrogens (tertiary/aromatic N) is 1. The minimum atomic E-state index is -0.467. The van der Waals surface area contributed by atoms with E-state index in [0.717, 1.165) is 5.57 Å². The Hall–Kier alpha value is -1.84. The fourth-order valence-electron chi connectivity index (χ4n) is 1.16. The molecule has 0 radical (unpaired) electrons. The Morgan fingerprint density at radius 2 is 2.20 bits per heavy atom. The van der Waals surface area contributed by atoms with E-state index < -0.39 is 4.92 Å². The highest BCUT2D eigenvalue weighted by Crippen LogP contribution is 2.23. The van der Waals surface area contributed by atoms with Crippen molar-refractivity contribution in [3.05, 3.63) is 45.5 Å². The molecule has 0 atom stereocenters. The molecule has 4 nitrogen and oxygen atoms in total. The molecular formula is C11H13NO3. The molecule has 80 valence electrons. The summed E-state index contributed by atoms with van der Waals surface area (Å²) in [5.41, 5.74) is 1.69. The Balaban J connectivity index is 3.00. The van der Waals surface area contributed by atoms with E-state index in [0.29, 0.717) is 12.0 Å². The molecule has 0 spiro atoms. The van der Waals surface area contributed by atoms with Gasteiger partial charge in [0.05, 0.1) is 4.92 Å². The Labute approximate surface area is 88.0 Å². The highest BCUT2D eigenvalue weighted by Gasteiger charge is 2.08. The summed E-state index contributed by atoms with van der Waals surface area (Å²) in [5.74, 6) is 0.0955. The van der Waals surface area contributed by atoms with E-state index in [1.165, 1.54) is 18.2 Å². The van der Waals surface area contributed by atoms with E-state index >= 15 is 0 Å². The third kappa shape index (κ3) is 3.09. The third-order valence-corrected chi connectivity index (χ3v) is 2.00. The number of aromatic hydroxyl groups is 1. The van der Waals surface area contributed by atoms with Crippen molar-refractivity contribution in [3.63, 3.8) is 0 Å². The second-order valence-electron chi connectivity index (χ2n) is 3.56. The average Bonchev–Trinajstić information content (AvgIpc) is 2.16. The molecule has 0 aliphatic carbocycles. The van der Waals surface area contributed by atoms with Crippen LogP contribution in [0, 0.1) is 10.1 Å². The summed E-state index contributed by atoms with van der Waals surface area (Å²) in [7, 11) is 0. The van der Waals surface area contributed by atoms with Crippen molar-refractivity contribution in [2.45, 2.75) is 20.3 Å². The zero-order valence-corrected chi connectivity index (χ0v) is 8.73. The Kier molecular flexibility index (Phi) is 3.44. The maximum absolute atomic E-state index is 10.5. The smallest absolute Gasteiger partial charge is 0.269 e. The number of benzene rings is 1. The van der Waals surface area contributed by atoms with Crippen LogP contribution >= 0.6 is 0 Å². The molecule has 0 aliphatic rings. The third-order valence-electron chi connectivity index (χ3n) is 2.00. The predicted molar refractivity (Wildman–Crippen MR) is 57.9 cm³/mol. The first-order valence-corrected chi connectivity index (χ1v) is 4.60. The van der Waals surface area contributed by atoms with Gasteiger partial charge in [0.2, 0.25) is 0 Å². The first-order chi connectivity index (χ1) is 7.00. The quantitative estimate of drug-likeness (QED) is 0.471. The maximum atomic E-state index is 10.5. The highest BCUT2D eigenvalue weighted by molar-refractivity contribution is 5.43. The van der Waals surface area contributed by atoms with Crippen LogP contribution in [0.1, 0.15) is 19.4 Å². The minimum Gasteiger partial charge on any atom is -0.508 e. The normalized spacial score (nSPS) is 9.73. The van der Waals surface area contributed by atoms with Gasteiger partial charge in [-0.25, -0.2) is 0 Å². The van der Waals surface area contributed by atoms with Crippen LogP contribution in [0.4, 0.5) is 5.69 Å². The van der Waals surface area contributed by atoms with Crippen LogP contribution in [0.3, 0.4) is 0 Å². The van der Waals surface area contributed by atoms with Crippen LogP contribution in [0.2, 0.25) is 0 Å². The number of nitro groups is 1. The Morgan fingerprint density at radius 3 is 2.73 bits per heavy atom. The van der Waals surface area contributed by atoms with E-state index in [4.69, 9.17) is 0 Å². The fraction of sp³-hybridized carbons (Fsp3) is 0.273. The zero-order valence-electron chi connectivity index (χ0n) is 8.73. The summed E-state index contributed by atoms with van der Waals surface area (Å²) < 4.78 is 0. The number of rotatable bonds is 3. The Morgan fingerprint density at radius 1 is 1.53 bits per heavy atom. The van der Waals surface area contributed by atoms with Crippen molar-refractivity contribution in [3.8, 4) is 5.75 Å². The monoisotopic (exact) mass is 207 g/mol. The van der Waals surface area contributed by atoms with E-state index in [1.54, 1.807) is 0 Å². The molecule has 0 unspecified atom stereocenters. The topological polar surface area (TPSA) is 63.4 Å². The first-order valence-electron chi connectivity index (χ1n) is 4.60. The molecule has 0 bridgehead atoms. The Bertz CT molecular complexity index is 406. The van der Waals surface area contributed by atoms with Crippen molar-refractivity contribution in [1.29, 1.82) is 0 Å². The van der Waals surface area contributed by atoms with Crippen molar-refractivity contribution in [1.82, 2.24) is 0 Å². The van der Waals surface area contributed by atoms with E-state index in [1.807, 2.05) is 19.9 Å². The number of nitro benzene ring substituents is 1. The summed E-state index contributed by atoms with van der Waals surface area (Å²) in [6.45, 7) is 3.88. The van der Waals surface area contributed by atoms with Gasteiger partial charge in [0, 0.05) is 17.7 Å². The zero-order chi connectivity index (χ0) is 11.4. The van der Waals surface area contributed by atoms with Gasteiger partial charge in [-0.05, 0) is 26.3 Å². The number of phenols is 1. The number of phenolic OH excluding ortho intramolecular Hbond substituents is 1. The maximum Gasteiger partial charge on any atom is 0.269 e. The summed E-state index contributed by atoms with van der Waals surface area (Å²) in [4.78, 5) is 10.0. The van der Waals surface area contributed by atoms with E-state index in [9.17, 15) is 15.2 Å². The molecule has 15 heavy (non-hydrogen) atoms. The summed E-state index contributed by atoms with van der Waals surface area (Å²) in [6.07, 6.45) is 2.43. The minimum absolute atomic E-state index is 0.00459. The first kappa shape index (κ1) is 11.2. The lowest BCUT2D eigenvalue weighted by Gasteiger charge is -2.01. The van der Waals surface area contributed by atoms with E-state index in [2.05, 4.69) is 0 Å². The van der Waals surface area contributed by atoms with Gasteiger partial charge in [0.25, 0.3) is 5.69 Å². The molecule has 0 heterocycles. The molecule has 0 aliphatic heterocycles. The summed E-state index contributed by atoms with van der Waals surface area (Å²) in [5, 5.41) is 20.0. The van der Waals surface area contributed by atoms with Gasteiger partial charge in [0.1, 0.15) is 5.75 Å². The van der Waals surface area contributed by atoms with Gasteiger partial charge in [0.15, 0.2) is 0 Å². The standard InChI is InChI=1S/C11H13NO3/c1-8(2)3-4-9-7-10(12(14)15)5-6-11(9)13/h3,5-7,13H,4H2,1-2H3. The number of allylic oxidation sites excluding steroid dienone is 2.